The zero-order valence-corrected chi connectivity index (χ0v) is 23.6. The summed E-state index contributed by atoms with van der Waals surface area (Å²) in [6.45, 7) is 3.92. The summed E-state index contributed by atoms with van der Waals surface area (Å²) in [4.78, 5) is 0. The Kier molecular flexibility index (Phi) is 11.3. The number of hydrogen-bond donors (Lipinski definition) is 0. The fourth-order valence-electron chi connectivity index (χ4n) is 4.59. The predicted molar refractivity (Wildman–Crippen MR) is 149 cm³/mol. The van der Waals surface area contributed by atoms with Gasteiger partial charge in [-0.2, -0.15) is 21.6 Å². The number of halogens is 3. The lowest BCUT2D eigenvalue weighted by molar-refractivity contribution is -0.255. The minimum Gasteiger partial charge on any atom is -0.374 e. The Bertz CT molecular complexity index is 1340. The van der Waals surface area contributed by atoms with Crippen molar-refractivity contribution in [1.82, 2.24) is 0 Å². The van der Waals surface area contributed by atoms with Crippen LogP contribution >= 0.6 is 0 Å². The highest BCUT2D eigenvalue weighted by molar-refractivity contribution is 7.87. The number of ether oxygens (including phenoxy) is 4. The van der Waals surface area contributed by atoms with Crippen molar-refractivity contribution in [3.8, 4) is 0 Å². The van der Waals surface area contributed by atoms with E-state index in [-0.39, 0.29) is 32.8 Å². The van der Waals surface area contributed by atoms with Gasteiger partial charge in [0.05, 0.1) is 32.5 Å². The highest BCUT2D eigenvalue weighted by Crippen LogP contribution is 2.35. The van der Waals surface area contributed by atoms with Crippen molar-refractivity contribution in [2.75, 3.05) is 6.61 Å². The van der Waals surface area contributed by atoms with E-state index < -0.39 is 46.1 Å². The second-order valence-corrected chi connectivity index (χ2v) is 11.3. The average molecular weight is 607 g/mol. The molecule has 7 nitrogen and oxygen atoms in total. The Morgan fingerprint density at radius 2 is 1.19 bits per heavy atom. The van der Waals surface area contributed by atoms with E-state index in [1.807, 2.05) is 66.7 Å². The minimum atomic E-state index is -6.01. The summed E-state index contributed by atoms with van der Waals surface area (Å²) < 4.78 is 94.3. The molecule has 5 atom stereocenters. The zero-order chi connectivity index (χ0) is 30.0. The molecule has 11 heteroatoms. The van der Waals surface area contributed by atoms with Crippen molar-refractivity contribution >= 4 is 10.1 Å². The third-order valence-electron chi connectivity index (χ3n) is 6.61. The van der Waals surface area contributed by atoms with Crippen LogP contribution in [0.1, 0.15) is 23.1 Å². The minimum absolute atomic E-state index is 0.00800. The van der Waals surface area contributed by atoms with Gasteiger partial charge in [0.15, 0.2) is 0 Å². The van der Waals surface area contributed by atoms with Gasteiger partial charge in [-0.25, -0.2) is 0 Å². The van der Waals surface area contributed by atoms with Crippen LogP contribution in [-0.4, -0.2) is 51.1 Å². The lowest BCUT2D eigenvalue weighted by Gasteiger charge is -2.45. The Balaban J connectivity index is 1.66. The van der Waals surface area contributed by atoms with Crippen LogP contribution in [0.4, 0.5) is 13.2 Å². The van der Waals surface area contributed by atoms with Crippen LogP contribution in [0.5, 0.6) is 0 Å². The van der Waals surface area contributed by atoms with Crippen LogP contribution in [-0.2, 0) is 53.1 Å². The first-order valence-corrected chi connectivity index (χ1v) is 14.8. The molecule has 0 aromatic heterocycles. The number of alkyl halides is 3. The van der Waals surface area contributed by atoms with Gasteiger partial charge in [-0.15, -0.1) is 6.58 Å². The van der Waals surface area contributed by atoms with E-state index in [1.54, 1.807) is 24.3 Å². The van der Waals surface area contributed by atoms with Crippen LogP contribution < -0.4 is 0 Å². The molecular formula is C31H33F3O7S. The summed E-state index contributed by atoms with van der Waals surface area (Å²) in [5.74, 6) is 0. The fraction of sp³-hybridized carbons (Fsp3) is 0.355. The molecule has 1 fully saturated rings. The molecule has 0 amide bonds. The first-order valence-electron chi connectivity index (χ1n) is 13.4. The van der Waals surface area contributed by atoms with Crippen LogP contribution in [0.3, 0.4) is 0 Å². The number of rotatable bonds is 14. The maximum atomic E-state index is 13.5. The van der Waals surface area contributed by atoms with E-state index in [0.29, 0.717) is 0 Å². The molecule has 1 aliphatic rings. The highest BCUT2D eigenvalue weighted by atomic mass is 32.2. The second-order valence-electron chi connectivity index (χ2n) is 9.72. The summed E-state index contributed by atoms with van der Waals surface area (Å²) in [5, 5.41) is 0. The standard InChI is InChI=1S/C31H33F3O7S/c1-2-12-26-29(41-42(35,36)31(32,33)34)30(39-21-25-17-10-5-11-18-25)28(38-20-24-15-8-4-9-16-24)27(40-26)22-37-19-23-13-6-3-7-14-23/h2-11,13-18,26-30H,1,12,19-22H2/t26-,27-,28-,29-,30+/m1/s1. The van der Waals surface area contributed by atoms with E-state index in [9.17, 15) is 21.6 Å². The van der Waals surface area contributed by atoms with Gasteiger partial charge in [0.2, 0.25) is 0 Å². The van der Waals surface area contributed by atoms with Gasteiger partial charge in [-0.05, 0) is 23.1 Å². The Hall–Kier alpha value is -3.06. The molecule has 42 heavy (non-hydrogen) atoms. The van der Waals surface area contributed by atoms with E-state index in [0.717, 1.165) is 16.7 Å². The second kappa shape index (κ2) is 14.9. The molecule has 0 radical (unpaired) electrons. The molecule has 0 aliphatic carbocycles. The molecule has 1 aliphatic heterocycles. The smallest absolute Gasteiger partial charge is 0.374 e. The Morgan fingerprint density at radius 3 is 1.67 bits per heavy atom. The predicted octanol–water partition coefficient (Wildman–Crippen LogP) is 5.95. The topological polar surface area (TPSA) is 80.3 Å². The van der Waals surface area contributed by atoms with Crippen LogP contribution in [0, 0.1) is 0 Å². The largest absolute Gasteiger partial charge is 0.523 e. The summed E-state index contributed by atoms with van der Waals surface area (Å²) in [6.07, 6.45) is -4.61. The van der Waals surface area contributed by atoms with Crippen molar-refractivity contribution < 1.29 is 44.7 Å². The van der Waals surface area contributed by atoms with Gasteiger partial charge in [0.1, 0.15) is 24.4 Å². The Labute approximate surface area is 243 Å². The van der Waals surface area contributed by atoms with Crippen LogP contribution in [0.25, 0.3) is 0 Å². The Morgan fingerprint density at radius 1 is 0.714 bits per heavy atom. The van der Waals surface area contributed by atoms with Gasteiger partial charge >= 0.3 is 15.6 Å². The van der Waals surface area contributed by atoms with E-state index in [2.05, 4.69) is 6.58 Å². The summed E-state index contributed by atoms with van der Waals surface area (Å²) >= 11 is 0. The number of benzene rings is 3. The molecule has 0 N–H and O–H groups in total. The monoisotopic (exact) mass is 606 g/mol. The van der Waals surface area contributed by atoms with Crippen molar-refractivity contribution in [2.24, 2.45) is 0 Å². The zero-order valence-electron chi connectivity index (χ0n) is 22.8. The van der Waals surface area contributed by atoms with Crippen LogP contribution in [0.2, 0.25) is 0 Å². The molecule has 226 valence electrons. The third-order valence-corrected chi connectivity index (χ3v) is 7.66. The normalized spacial score (nSPS) is 23.0. The van der Waals surface area contributed by atoms with Gasteiger partial charge in [0, 0.05) is 0 Å². The molecule has 1 heterocycles. The molecule has 4 rings (SSSR count). The fourth-order valence-corrected chi connectivity index (χ4v) is 5.22. The van der Waals surface area contributed by atoms with Gasteiger partial charge < -0.3 is 18.9 Å². The summed E-state index contributed by atoms with van der Waals surface area (Å²) in [5.41, 5.74) is -3.23. The molecule has 1 saturated heterocycles. The SMILES string of the molecule is C=CC[C@H]1O[C@H](COCc2ccccc2)[C@@H](OCc2ccccc2)[C@H](OCc2ccccc2)[C@@H]1OS(=O)(=O)C(F)(F)F. The van der Waals surface area contributed by atoms with Crippen molar-refractivity contribution in [3.05, 3.63) is 120 Å². The number of hydrogen-bond acceptors (Lipinski definition) is 7. The molecule has 0 spiro atoms. The molecule has 3 aromatic carbocycles. The molecule has 3 aromatic rings. The molecule has 0 unspecified atom stereocenters. The highest BCUT2D eigenvalue weighted by Gasteiger charge is 2.55. The van der Waals surface area contributed by atoms with Crippen LogP contribution in [0.15, 0.2) is 104 Å². The van der Waals surface area contributed by atoms with E-state index >= 15 is 0 Å². The lowest BCUT2D eigenvalue weighted by atomic mass is 9.93. The van der Waals surface area contributed by atoms with Gasteiger partial charge in [0.25, 0.3) is 0 Å². The molecule has 0 saturated carbocycles. The average Bonchev–Trinajstić information content (AvgIpc) is 2.98. The summed E-state index contributed by atoms with van der Waals surface area (Å²) in [6, 6.07) is 27.5. The first-order chi connectivity index (χ1) is 20.2. The quantitative estimate of drug-likeness (QED) is 0.127. The van der Waals surface area contributed by atoms with E-state index in [4.69, 9.17) is 23.1 Å². The first kappa shape index (κ1) is 31.9. The maximum Gasteiger partial charge on any atom is 0.523 e. The lowest BCUT2D eigenvalue weighted by Crippen LogP contribution is -2.61. The molecular weight excluding hydrogens is 573 g/mol. The van der Waals surface area contributed by atoms with Gasteiger partial charge in [-0.3, -0.25) is 4.18 Å². The van der Waals surface area contributed by atoms with Gasteiger partial charge in [-0.1, -0.05) is 97.1 Å². The van der Waals surface area contributed by atoms with Crippen molar-refractivity contribution in [3.63, 3.8) is 0 Å². The third kappa shape index (κ3) is 8.73. The van der Waals surface area contributed by atoms with E-state index in [1.165, 1.54) is 6.08 Å². The maximum absolute atomic E-state index is 13.5. The summed E-state index contributed by atoms with van der Waals surface area (Å²) in [7, 11) is -6.01. The molecule has 0 bridgehead atoms. The van der Waals surface area contributed by atoms with Crippen molar-refractivity contribution in [2.45, 2.75) is 62.3 Å². The van der Waals surface area contributed by atoms with Crippen molar-refractivity contribution in [1.29, 1.82) is 0 Å².